The molecule has 192 valence electrons. The third-order valence-corrected chi connectivity index (χ3v) is 8.11. The molecule has 1 amide bonds. The molecule has 0 aromatic heterocycles. The molecule has 2 atom stereocenters. The van der Waals surface area contributed by atoms with E-state index in [0.717, 1.165) is 28.3 Å². The number of rotatable bonds is 3. The zero-order chi connectivity index (χ0) is 25.9. The maximum Gasteiger partial charge on any atom is 0.416 e. The fourth-order valence-electron chi connectivity index (χ4n) is 6.47. The Labute approximate surface area is 211 Å². The Kier molecular flexibility index (Phi) is 5.56. The van der Waals surface area contributed by atoms with Gasteiger partial charge in [-0.2, -0.15) is 13.2 Å². The van der Waals surface area contributed by atoms with Gasteiger partial charge in [0.05, 0.1) is 11.2 Å². The molecule has 37 heavy (non-hydrogen) atoms. The second kappa shape index (κ2) is 8.58. The van der Waals surface area contributed by atoms with Crippen LogP contribution < -0.4 is 0 Å². The van der Waals surface area contributed by atoms with Gasteiger partial charge in [-0.25, -0.2) is 9.18 Å². The first kappa shape index (κ1) is 24.0. The Hall–Kier alpha value is -3.39. The first-order chi connectivity index (χ1) is 17.7. The van der Waals surface area contributed by atoms with E-state index in [1.54, 1.807) is 4.90 Å². The maximum absolute atomic E-state index is 14.6. The second-order valence-electron chi connectivity index (χ2n) is 10.2. The second-order valence-corrected chi connectivity index (χ2v) is 10.2. The minimum Gasteiger partial charge on any atom is -0.448 e. The van der Waals surface area contributed by atoms with Crippen molar-refractivity contribution >= 4 is 6.09 Å². The highest BCUT2D eigenvalue weighted by Crippen LogP contribution is 2.48. The van der Waals surface area contributed by atoms with Crippen LogP contribution in [0.2, 0.25) is 0 Å². The number of halogens is 4. The predicted molar refractivity (Wildman–Crippen MR) is 128 cm³/mol. The first-order valence-corrected chi connectivity index (χ1v) is 12.4. The molecular weight excluding hydrogens is 486 g/mol. The van der Waals surface area contributed by atoms with Gasteiger partial charge in [0, 0.05) is 36.4 Å². The van der Waals surface area contributed by atoms with Crippen LogP contribution in [0.25, 0.3) is 11.1 Å². The van der Waals surface area contributed by atoms with Crippen LogP contribution in [0.5, 0.6) is 0 Å². The van der Waals surface area contributed by atoms with E-state index in [1.165, 1.54) is 0 Å². The van der Waals surface area contributed by atoms with Gasteiger partial charge >= 0.3 is 12.3 Å². The molecule has 2 bridgehead atoms. The Morgan fingerprint density at radius 1 is 0.946 bits per heavy atom. The van der Waals surface area contributed by atoms with Crippen molar-refractivity contribution in [1.82, 2.24) is 4.90 Å². The first-order valence-electron chi connectivity index (χ1n) is 12.4. The molecule has 3 aliphatic rings. The van der Waals surface area contributed by atoms with Crippen LogP contribution >= 0.6 is 0 Å². The predicted octanol–water partition coefficient (Wildman–Crippen LogP) is 6.61. The molecule has 2 aliphatic heterocycles. The van der Waals surface area contributed by atoms with Gasteiger partial charge in [-0.1, -0.05) is 48.5 Å². The number of ether oxygens (including phenoxy) is 1. The fourth-order valence-corrected chi connectivity index (χ4v) is 6.47. The number of carbonyl (C=O) groups excluding carboxylic acids is 1. The van der Waals surface area contributed by atoms with Crippen molar-refractivity contribution in [1.29, 1.82) is 0 Å². The number of aliphatic hydroxyl groups is 1. The van der Waals surface area contributed by atoms with Crippen LogP contribution in [0.4, 0.5) is 22.4 Å². The minimum atomic E-state index is -4.65. The normalized spacial score (nSPS) is 24.6. The van der Waals surface area contributed by atoms with Crippen LogP contribution in [0.15, 0.2) is 66.7 Å². The molecule has 0 saturated carbocycles. The number of amides is 1. The van der Waals surface area contributed by atoms with E-state index >= 15 is 0 Å². The molecule has 2 fully saturated rings. The molecule has 2 saturated heterocycles. The number of piperidine rings is 1. The van der Waals surface area contributed by atoms with Gasteiger partial charge in [-0.3, -0.25) is 0 Å². The fraction of sp³-hybridized carbons (Fsp3) is 0.345. The minimum absolute atomic E-state index is 0.0497. The summed E-state index contributed by atoms with van der Waals surface area (Å²) in [7, 11) is 0. The van der Waals surface area contributed by atoms with Crippen molar-refractivity contribution in [3.63, 3.8) is 0 Å². The van der Waals surface area contributed by atoms with E-state index in [4.69, 9.17) is 4.74 Å². The average molecular weight is 512 g/mol. The van der Waals surface area contributed by atoms with Crippen LogP contribution in [-0.4, -0.2) is 34.8 Å². The van der Waals surface area contributed by atoms with Crippen LogP contribution in [-0.2, 0) is 16.5 Å². The molecule has 6 rings (SSSR count). The van der Waals surface area contributed by atoms with E-state index in [2.05, 4.69) is 12.1 Å². The molecule has 3 aromatic rings. The summed E-state index contributed by atoms with van der Waals surface area (Å²) in [6, 6.07) is 17.2. The Morgan fingerprint density at radius 2 is 1.51 bits per heavy atom. The number of fused-ring (bicyclic) bond motifs is 5. The lowest BCUT2D eigenvalue weighted by Crippen LogP contribution is -2.52. The van der Waals surface area contributed by atoms with Crippen molar-refractivity contribution < 1.29 is 32.2 Å². The zero-order valence-corrected chi connectivity index (χ0v) is 19.8. The van der Waals surface area contributed by atoms with E-state index in [0.29, 0.717) is 25.0 Å². The quantitative estimate of drug-likeness (QED) is 0.403. The molecular formula is C29H25F4NO3. The number of hydrogen-bond acceptors (Lipinski definition) is 3. The molecule has 2 unspecified atom stereocenters. The van der Waals surface area contributed by atoms with Gasteiger partial charge in [-0.15, -0.1) is 0 Å². The maximum atomic E-state index is 14.6. The third-order valence-electron chi connectivity index (χ3n) is 8.11. The van der Waals surface area contributed by atoms with Gasteiger partial charge in [0.15, 0.2) is 0 Å². The van der Waals surface area contributed by atoms with Crippen LogP contribution in [0.3, 0.4) is 0 Å². The summed E-state index contributed by atoms with van der Waals surface area (Å²) in [6.07, 6.45) is -4.13. The van der Waals surface area contributed by atoms with E-state index < -0.39 is 41.3 Å². The molecule has 1 N–H and O–H groups in total. The van der Waals surface area contributed by atoms with Crippen molar-refractivity contribution in [2.75, 3.05) is 6.61 Å². The van der Waals surface area contributed by atoms with Crippen molar-refractivity contribution in [2.24, 2.45) is 0 Å². The van der Waals surface area contributed by atoms with Gasteiger partial charge < -0.3 is 14.7 Å². The number of benzene rings is 3. The lowest BCUT2D eigenvalue weighted by Gasteiger charge is -2.43. The molecule has 0 spiro atoms. The van der Waals surface area contributed by atoms with Gasteiger partial charge in [0.1, 0.15) is 12.4 Å². The third kappa shape index (κ3) is 3.98. The summed E-state index contributed by atoms with van der Waals surface area (Å²) in [5, 5.41) is 11.3. The summed E-state index contributed by atoms with van der Waals surface area (Å²) >= 11 is 0. The molecule has 1 aliphatic carbocycles. The number of nitrogens with zero attached hydrogens (tertiary/aromatic N) is 1. The van der Waals surface area contributed by atoms with E-state index in [9.17, 15) is 27.5 Å². The lowest BCUT2D eigenvalue weighted by atomic mass is 9.80. The standard InChI is InChI=1S/C29H25F4NO3/c30-26-12-9-17(29(31,32)33)13-25(26)28(36)14-18-10-11-19(15-28)34(18)27(35)37-16-24-22-7-3-1-5-20(22)21-6-2-4-8-23(21)24/h1-9,12-13,18-19,24,36H,10-11,14-16H2. The van der Waals surface area contributed by atoms with Crippen molar-refractivity contribution in [3.05, 3.63) is 94.8 Å². The highest BCUT2D eigenvalue weighted by molar-refractivity contribution is 5.79. The highest BCUT2D eigenvalue weighted by atomic mass is 19.4. The summed E-state index contributed by atoms with van der Waals surface area (Å²) in [5.74, 6) is -0.987. The lowest BCUT2D eigenvalue weighted by molar-refractivity contribution is -0.137. The van der Waals surface area contributed by atoms with E-state index in [1.807, 2.05) is 36.4 Å². The summed E-state index contributed by atoms with van der Waals surface area (Å²) < 4.78 is 60.2. The van der Waals surface area contributed by atoms with E-state index in [-0.39, 0.29) is 30.9 Å². The molecule has 0 radical (unpaired) electrons. The van der Waals surface area contributed by atoms with Crippen molar-refractivity contribution in [2.45, 2.75) is 55.5 Å². The summed E-state index contributed by atoms with van der Waals surface area (Å²) in [4.78, 5) is 14.8. The van der Waals surface area contributed by atoms with Gasteiger partial charge in [-0.05, 0) is 53.3 Å². The number of alkyl halides is 3. The number of carbonyl (C=O) groups is 1. The largest absolute Gasteiger partial charge is 0.448 e. The van der Waals surface area contributed by atoms with Crippen molar-refractivity contribution in [3.8, 4) is 11.1 Å². The molecule has 3 aromatic carbocycles. The smallest absolute Gasteiger partial charge is 0.416 e. The molecule has 2 heterocycles. The monoisotopic (exact) mass is 511 g/mol. The van der Waals surface area contributed by atoms with Crippen LogP contribution in [0, 0.1) is 5.82 Å². The number of hydrogen-bond donors (Lipinski definition) is 1. The highest BCUT2D eigenvalue weighted by Gasteiger charge is 2.52. The average Bonchev–Trinajstić information content (AvgIpc) is 3.34. The van der Waals surface area contributed by atoms with Gasteiger partial charge in [0.25, 0.3) is 0 Å². The topological polar surface area (TPSA) is 49.8 Å². The Balaban J connectivity index is 1.20. The zero-order valence-electron chi connectivity index (χ0n) is 19.8. The summed E-state index contributed by atoms with van der Waals surface area (Å²) in [6.45, 7) is 0.148. The van der Waals surface area contributed by atoms with Crippen LogP contribution in [0.1, 0.15) is 53.9 Å². The Morgan fingerprint density at radius 3 is 2.08 bits per heavy atom. The summed E-state index contributed by atoms with van der Waals surface area (Å²) in [5.41, 5.74) is 1.24. The van der Waals surface area contributed by atoms with Gasteiger partial charge in [0.2, 0.25) is 0 Å². The molecule has 4 nitrogen and oxygen atoms in total. The molecule has 8 heteroatoms. The SMILES string of the molecule is O=C(OCC1c2ccccc2-c2ccccc21)N1C2CCC1CC(O)(c1cc(C(F)(F)F)ccc1F)C2. The Bertz CT molecular complexity index is 1310.